The summed E-state index contributed by atoms with van der Waals surface area (Å²) in [5.41, 5.74) is 1.04. The van der Waals surface area contributed by atoms with Gasteiger partial charge in [-0.1, -0.05) is 6.92 Å². The second-order valence-electron chi connectivity index (χ2n) is 4.47. The van der Waals surface area contributed by atoms with Crippen LogP contribution in [0.5, 0.6) is 11.5 Å². The zero-order valence-corrected chi connectivity index (χ0v) is 12.1. The van der Waals surface area contributed by atoms with Gasteiger partial charge in [-0.2, -0.15) is 0 Å². The van der Waals surface area contributed by atoms with Crippen molar-refractivity contribution in [1.82, 2.24) is 15.3 Å². The van der Waals surface area contributed by atoms with Crippen LogP contribution in [-0.2, 0) is 0 Å². The van der Waals surface area contributed by atoms with Crippen molar-refractivity contribution < 1.29 is 9.47 Å². The molecule has 108 valence electrons. The minimum atomic E-state index is -0.0224. The van der Waals surface area contributed by atoms with Crippen LogP contribution in [0.2, 0.25) is 0 Å². The summed E-state index contributed by atoms with van der Waals surface area (Å²) >= 11 is 0. The fraction of sp³-hybridized carbons (Fsp3) is 0.400. The van der Waals surface area contributed by atoms with Crippen molar-refractivity contribution in [2.45, 2.75) is 19.4 Å². The fourth-order valence-electron chi connectivity index (χ4n) is 2.13. The third-order valence-corrected chi connectivity index (χ3v) is 3.14. The maximum atomic E-state index is 5.49. The lowest BCUT2D eigenvalue weighted by atomic mass is 10.0. The molecule has 0 saturated carbocycles. The number of methoxy groups -OCH3 is 2. The SMILES string of the molecule is CCCNC(c1ncc[nH]1)c1ccc(OC)cc1OC. The summed E-state index contributed by atoms with van der Waals surface area (Å²) < 4.78 is 10.7. The highest BCUT2D eigenvalue weighted by atomic mass is 16.5. The largest absolute Gasteiger partial charge is 0.497 e. The van der Waals surface area contributed by atoms with Crippen LogP contribution in [0.1, 0.15) is 30.8 Å². The van der Waals surface area contributed by atoms with Crippen LogP contribution in [0, 0.1) is 0 Å². The maximum absolute atomic E-state index is 5.49. The van der Waals surface area contributed by atoms with Gasteiger partial charge in [0.15, 0.2) is 0 Å². The van der Waals surface area contributed by atoms with Crippen LogP contribution in [0.15, 0.2) is 30.6 Å². The number of nitrogens with one attached hydrogen (secondary N) is 2. The number of aromatic amines is 1. The lowest BCUT2D eigenvalue weighted by Crippen LogP contribution is -2.24. The highest BCUT2D eigenvalue weighted by Crippen LogP contribution is 2.31. The van der Waals surface area contributed by atoms with Gasteiger partial charge in [0, 0.05) is 24.0 Å². The zero-order chi connectivity index (χ0) is 14.4. The molecule has 2 aromatic rings. The van der Waals surface area contributed by atoms with E-state index in [2.05, 4.69) is 22.2 Å². The zero-order valence-electron chi connectivity index (χ0n) is 12.1. The molecule has 1 aromatic carbocycles. The molecule has 0 spiro atoms. The quantitative estimate of drug-likeness (QED) is 0.815. The molecule has 0 aliphatic carbocycles. The van der Waals surface area contributed by atoms with E-state index in [1.165, 1.54) is 0 Å². The minimum Gasteiger partial charge on any atom is -0.497 e. The van der Waals surface area contributed by atoms with E-state index >= 15 is 0 Å². The van der Waals surface area contributed by atoms with Crippen molar-refractivity contribution in [2.75, 3.05) is 20.8 Å². The van der Waals surface area contributed by atoms with Crippen LogP contribution in [-0.4, -0.2) is 30.7 Å². The Labute approximate surface area is 119 Å². The number of ether oxygens (including phenoxy) is 2. The molecule has 1 heterocycles. The van der Waals surface area contributed by atoms with Crippen molar-refractivity contribution >= 4 is 0 Å². The second-order valence-corrected chi connectivity index (χ2v) is 4.47. The first-order valence-corrected chi connectivity index (χ1v) is 6.74. The van der Waals surface area contributed by atoms with Gasteiger partial charge in [-0.15, -0.1) is 0 Å². The summed E-state index contributed by atoms with van der Waals surface area (Å²) in [6, 6.07) is 5.80. The third-order valence-electron chi connectivity index (χ3n) is 3.14. The molecule has 5 nitrogen and oxygen atoms in total. The van der Waals surface area contributed by atoms with Gasteiger partial charge < -0.3 is 19.8 Å². The number of hydrogen-bond acceptors (Lipinski definition) is 4. The van der Waals surface area contributed by atoms with Crippen molar-refractivity contribution in [2.24, 2.45) is 0 Å². The summed E-state index contributed by atoms with van der Waals surface area (Å²) in [5.74, 6) is 2.44. The smallest absolute Gasteiger partial charge is 0.127 e. The van der Waals surface area contributed by atoms with Gasteiger partial charge in [0.05, 0.1) is 20.3 Å². The molecular weight excluding hydrogens is 254 g/mol. The molecule has 0 aliphatic rings. The van der Waals surface area contributed by atoms with Crippen LogP contribution >= 0.6 is 0 Å². The Morgan fingerprint density at radius 3 is 2.75 bits per heavy atom. The lowest BCUT2D eigenvalue weighted by molar-refractivity contribution is 0.386. The molecule has 0 fully saturated rings. The average molecular weight is 275 g/mol. The molecule has 2 rings (SSSR count). The predicted octanol–water partition coefficient (Wildman–Crippen LogP) is 2.52. The summed E-state index contributed by atoms with van der Waals surface area (Å²) in [6.45, 7) is 3.04. The highest BCUT2D eigenvalue weighted by Gasteiger charge is 2.20. The van der Waals surface area contributed by atoms with E-state index in [1.54, 1.807) is 20.4 Å². The van der Waals surface area contributed by atoms with Crippen LogP contribution in [0.25, 0.3) is 0 Å². The first-order chi connectivity index (χ1) is 9.80. The van der Waals surface area contributed by atoms with Gasteiger partial charge in [-0.05, 0) is 25.1 Å². The molecule has 0 bridgehead atoms. The normalized spacial score (nSPS) is 12.2. The van der Waals surface area contributed by atoms with Crippen LogP contribution < -0.4 is 14.8 Å². The van der Waals surface area contributed by atoms with Gasteiger partial charge in [-0.3, -0.25) is 0 Å². The van der Waals surface area contributed by atoms with E-state index in [0.717, 1.165) is 35.9 Å². The lowest BCUT2D eigenvalue weighted by Gasteiger charge is -2.20. The van der Waals surface area contributed by atoms with Gasteiger partial charge in [0.25, 0.3) is 0 Å². The number of nitrogens with zero attached hydrogens (tertiary/aromatic N) is 1. The first kappa shape index (κ1) is 14.4. The van der Waals surface area contributed by atoms with Crippen molar-refractivity contribution in [3.63, 3.8) is 0 Å². The van der Waals surface area contributed by atoms with E-state index in [9.17, 15) is 0 Å². The van der Waals surface area contributed by atoms with E-state index in [0.29, 0.717) is 0 Å². The molecule has 1 atom stereocenters. The molecular formula is C15H21N3O2. The Kier molecular flexibility index (Phi) is 5.01. The number of aromatic nitrogens is 2. The monoisotopic (exact) mass is 275 g/mol. The number of rotatable bonds is 7. The summed E-state index contributed by atoms with van der Waals surface area (Å²) in [7, 11) is 3.31. The van der Waals surface area contributed by atoms with Gasteiger partial charge in [-0.25, -0.2) is 4.98 Å². The molecule has 0 aliphatic heterocycles. The van der Waals surface area contributed by atoms with Gasteiger partial charge in [0.1, 0.15) is 17.3 Å². The third kappa shape index (κ3) is 3.11. The Hall–Kier alpha value is -2.01. The number of benzene rings is 1. The van der Waals surface area contributed by atoms with Crippen molar-refractivity contribution in [3.8, 4) is 11.5 Å². The van der Waals surface area contributed by atoms with Crippen molar-refractivity contribution in [1.29, 1.82) is 0 Å². The van der Waals surface area contributed by atoms with E-state index in [4.69, 9.17) is 9.47 Å². The van der Waals surface area contributed by atoms with E-state index in [1.807, 2.05) is 24.4 Å². The molecule has 1 aromatic heterocycles. The first-order valence-electron chi connectivity index (χ1n) is 6.74. The summed E-state index contributed by atoms with van der Waals surface area (Å²) in [6.07, 6.45) is 4.63. The topological polar surface area (TPSA) is 59.2 Å². The molecule has 0 saturated heterocycles. The van der Waals surface area contributed by atoms with Crippen molar-refractivity contribution in [3.05, 3.63) is 42.0 Å². The minimum absolute atomic E-state index is 0.0224. The van der Waals surface area contributed by atoms with E-state index < -0.39 is 0 Å². The maximum Gasteiger partial charge on any atom is 0.127 e. The molecule has 2 N–H and O–H groups in total. The molecule has 1 unspecified atom stereocenters. The standard InChI is InChI=1S/C15H21N3O2/c1-4-7-16-14(15-17-8-9-18-15)12-6-5-11(19-2)10-13(12)20-3/h5-6,8-10,14,16H,4,7H2,1-3H3,(H,17,18). The second kappa shape index (κ2) is 6.96. The average Bonchev–Trinajstić information content (AvgIpc) is 3.02. The molecule has 20 heavy (non-hydrogen) atoms. The van der Waals surface area contributed by atoms with E-state index in [-0.39, 0.29) is 6.04 Å². The number of hydrogen-bond donors (Lipinski definition) is 2. The Balaban J connectivity index is 2.37. The summed E-state index contributed by atoms with van der Waals surface area (Å²) in [4.78, 5) is 7.52. The highest BCUT2D eigenvalue weighted by molar-refractivity contribution is 5.44. The predicted molar refractivity (Wildman–Crippen MR) is 78.3 cm³/mol. The fourth-order valence-corrected chi connectivity index (χ4v) is 2.13. The van der Waals surface area contributed by atoms with Gasteiger partial charge >= 0.3 is 0 Å². The van der Waals surface area contributed by atoms with Crippen LogP contribution in [0.4, 0.5) is 0 Å². The Bertz CT molecular complexity index is 526. The molecule has 0 amide bonds. The van der Waals surface area contributed by atoms with Gasteiger partial charge in [0.2, 0.25) is 0 Å². The molecule has 5 heteroatoms. The Morgan fingerprint density at radius 2 is 2.15 bits per heavy atom. The molecule has 0 radical (unpaired) electrons. The Morgan fingerprint density at radius 1 is 1.30 bits per heavy atom. The summed E-state index contributed by atoms with van der Waals surface area (Å²) in [5, 5.41) is 3.49. The number of imidazole rings is 1. The van der Waals surface area contributed by atoms with Crippen LogP contribution in [0.3, 0.4) is 0 Å². The number of H-pyrrole nitrogens is 1.